The SMILES string of the molecule is COCCCc1cc(C(=O)O)c2c(C(=O)O)ccc3c4ccc(C(=O)O)c5c(C(=O)O)ccc(c1c23)c54. The number of methoxy groups -OCH3 is 1. The van der Waals surface area contributed by atoms with Crippen LogP contribution in [0.3, 0.4) is 0 Å². The fourth-order valence-corrected chi connectivity index (χ4v) is 5.39. The summed E-state index contributed by atoms with van der Waals surface area (Å²) >= 11 is 0. The molecule has 0 heterocycles. The van der Waals surface area contributed by atoms with Crippen LogP contribution in [-0.2, 0) is 11.2 Å². The van der Waals surface area contributed by atoms with Crippen LogP contribution in [0, 0.1) is 0 Å². The summed E-state index contributed by atoms with van der Waals surface area (Å²) in [5, 5.41) is 42.7. The van der Waals surface area contributed by atoms with Gasteiger partial charge in [0.05, 0.1) is 22.3 Å². The van der Waals surface area contributed by atoms with Crippen LogP contribution in [0.5, 0.6) is 0 Å². The van der Waals surface area contributed by atoms with Crippen molar-refractivity contribution in [2.75, 3.05) is 13.7 Å². The van der Waals surface area contributed by atoms with Gasteiger partial charge in [0.1, 0.15) is 0 Å². The molecule has 0 bridgehead atoms. The third kappa shape index (κ3) is 3.51. The molecule has 0 spiro atoms. The molecule has 0 atom stereocenters. The first kappa shape index (κ1) is 24.0. The summed E-state index contributed by atoms with van der Waals surface area (Å²) < 4.78 is 5.16. The van der Waals surface area contributed by atoms with Crippen LogP contribution in [0.1, 0.15) is 53.4 Å². The van der Waals surface area contributed by atoms with Gasteiger partial charge in [-0.05, 0) is 75.0 Å². The Morgan fingerprint density at radius 3 is 1.54 bits per heavy atom. The van der Waals surface area contributed by atoms with Gasteiger partial charge in [0.2, 0.25) is 0 Å². The zero-order valence-electron chi connectivity index (χ0n) is 19.5. The molecule has 0 saturated heterocycles. The lowest BCUT2D eigenvalue weighted by molar-refractivity contribution is 0.0681. The standard InChI is InChI=1S/C28H20O9/c1-37-10-2-3-12-11-19(28(35)36)23-18(27(33)34)8-5-14-13-4-7-16(25(29)30)22-17(26(31)32)9-6-15(21(13)22)20(12)24(14)23/h4-9,11H,2-3,10H2,1H3,(H,29,30)(H,31,32)(H,33,34)(H,35,36). The summed E-state index contributed by atoms with van der Waals surface area (Å²) in [7, 11) is 1.54. The van der Waals surface area contributed by atoms with Crippen molar-refractivity contribution in [3.8, 4) is 0 Å². The number of carboxylic acids is 4. The van der Waals surface area contributed by atoms with Crippen molar-refractivity contribution in [2.24, 2.45) is 0 Å². The molecule has 0 aliphatic carbocycles. The highest BCUT2D eigenvalue weighted by atomic mass is 16.5. The highest BCUT2D eigenvalue weighted by Crippen LogP contribution is 2.45. The van der Waals surface area contributed by atoms with Gasteiger partial charge in [-0.1, -0.05) is 18.2 Å². The summed E-state index contributed by atoms with van der Waals surface area (Å²) in [6.07, 6.45) is 0.937. The summed E-state index contributed by atoms with van der Waals surface area (Å²) in [5.74, 6) is -5.14. The Kier molecular flexibility index (Phi) is 5.65. The van der Waals surface area contributed by atoms with Gasteiger partial charge in [-0.3, -0.25) is 0 Å². The number of benzene rings is 5. The van der Waals surface area contributed by atoms with E-state index in [1.807, 2.05) is 0 Å². The van der Waals surface area contributed by atoms with E-state index in [0.29, 0.717) is 57.3 Å². The van der Waals surface area contributed by atoms with Crippen molar-refractivity contribution < 1.29 is 44.3 Å². The molecule has 0 radical (unpaired) electrons. The number of hydrogen-bond acceptors (Lipinski definition) is 5. The van der Waals surface area contributed by atoms with Crippen LogP contribution < -0.4 is 0 Å². The minimum atomic E-state index is -1.29. The van der Waals surface area contributed by atoms with Crippen molar-refractivity contribution in [3.63, 3.8) is 0 Å². The molecule has 0 aromatic heterocycles. The number of ether oxygens (including phenoxy) is 1. The minimum Gasteiger partial charge on any atom is -0.478 e. The highest BCUT2D eigenvalue weighted by Gasteiger charge is 2.27. The first-order chi connectivity index (χ1) is 17.7. The normalized spacial score (nSPS) is 11.6. The molecule has 5 rings (SSSR count). The first-order valence-corrected chi connectivity index (χ1v) is 11.3. The molecule has 186 valence electrons. The maximum absolute atomic E-state index is 12.3. The van der Waals surface area contributed by atoms with Crippen LogP contribution in [-0.4, -0.2) is 58.0 Å². The molecule has 0 unspecified atom stereocenters. The van der Waals surface area contributed by atoms with Gasteiger partial charge in [0.25, 0.3) is 0 Å². The topological polar surface area (TPSA) is 158 Å². The maximum atomic E-state index is 12.3. The second-order valence-electron chi connectivity index (χ2n) is 8.76. The van der Waals surface area contributed by atoms with Crippen molar-refractivity contribution in [2.45, 2.75) is 12.8 Å². The maximum Gasteiger partial charge on any atom is 0.336 e. The second kappa shape index (κ2) is 8.72. The smallest absolute Gasteiger partial charge is 0.336 e. The van der Waals surface area contributed by atoms with E-state index >= 15 is 0 Å². The fraction of sp³-hybridized carbons (Fsp3) is 0.143. The Morgan fingerprint density at radius 1 is 0.595 bits per heavy atom. The molecule has 4 N–H and O–H groups in total. The summed E-state index contributed by atoms with van der Waals surface area (Å²) in [4.78, 5) is 48.7. The van der Waals surface area contributed by atoms with E-state index in [1.54, 1.807) is 25.3 Å². The minimum absolute atomic E-state index is 0.0567. The lowest BCUT2D eigenvalue weighted by atomic mass is 9.82. The number of fused-ring (bicyclic) bond motifs is 2. The van der Waals surface area contributed by atoms with Crippen molar-refractivity contribution in [3.05, 3.63) is 70.3 Å². The van der Waals surface area contributed by atoms with Crippen molar-refractivity contribution in [1.29, 1.82) is 0 Å². The first-order valence-electron chi connectivity index (χ1n) is 11.3. The zero-order valence-corrected chi connectivity index (χ0v) is 19.5. The Morgan fingerprint density at radius 2 is 1.05 bits per heavy atom. The highest BCUT2D eigenvalue weighted by molar-refractivity contribution is 6.38. The molecule has 37 heavy (non-hydrogen) atoms. The average molecular weight is 500 g/mol. The Balaban J connectivity index is 2.13. The molecule has 0 amide bonds. The molecule has 0 saturated carbocycles. The largest absolute Gasteiger partial charge is 0.478 e. The van der Waals surface area contributed by atoms with E-state index in [2.05, 4.69) is 0 Å². The van der Waals surface area contributed by atoms with E-state index < -0.39 is 23.9 Å². The predicted molar refractivity (Wildman–Crippen MR) is 136 cm³/mol. The molecule has 0 fully saturated rings. The van der Waals surface area contributed by atoms with Crippen molar-refractivity contribution >= 4 is 67.0 Å². The number of rotatable bonds is 8. The van der Waals surface area contributed by atoms with Crippen molar-refractivity contribution in [1.82, 2.24) is 0 Å². The van der Waals surface area contributed by atoms with Gasteiger partial charge in [-0.2, -0.15) is 0 Å². The Labute approximate surface area is 208 Å². The Hall–Kier alpha value is -4.76. The molecule has 0 aliphatic heterocycles. The van der Waals surface area contributed by atoms with Crippen LogP contribution in [0.2, 0.25) is 0 Å². The lowest BCUT2D eigenvalue weighted by Crippen LogP contribution is -2.08. The molecule has 5 aromatic carbocycles. The number of carboxylic acid groups (broad SMARTS) is 4. The van der Waals surface area contributed by atoms with Gasteiger partial charge in [-0.25, -0.2) is 19.2 Å². The van der Waals surface area contributed by atoms with E-state index in [0.717, 1.165) is 0 Å². The van der Waals surface area contributed by atoms with Gasteiger partial charge in [0.15, 0.2) is 0 Å². The van der Waals surface area contributed by atoms with Gasteiger partial charge in [-0.15, -0.1) is 0 Å². The average Bonchev–Trinajstić information content (AvgIpc) is 2.86. The van der Waals surface area contributed by atoms with E-state index in [9.17, 15) is 39.6 Å². The van der Waals surface area contributed by atoms with Gasteiger partial charge < -0.3 is 25.2 Å². The predicted octanol–water partition coefficient (Wildman–Crippen LogP) is 5.11. The molecule has 9 heteroatoms. The quantitative estimate of drug-likeness (QED) is 0.129. The molecule has 0 aliphatic rings. The molecular formula is C28H20O9. The van der Waals surface area contributed by atoms with E-state index in [1.165, 1.54) is 24.3 Å². The summed E-state index contributed by atoms with van der Waals surface area (Å²) in [6, 6.07) is 10.1. The fourth-order valence-electron chi connectivity index (χ4n) is 5.39. The lowest BCUT2D eigenvalue weighted by Gasteiger charge is -2.21. The molecule has 9 nitrogen and oxygen atoms in total. The van der Waals surface area contributed by atoms with Gasteiger partial charge in [0, 0.05) is 24.5 Å². The summed E-state index contributed by atoms with van der Waals surface area (Å²) in [6.45, 7) is 0.398. The number of aromatic carboxylic acids is 4. The molecule has 5 aromatic rings. The Bertz CT molecular complexity index is 1780. The van der Waals surface area contributed by atoms with Crippen LogP contribution in [0.15, 0.2) is 42.5 Å². The third-order valence-electron chi connectivity index (χ3n) is 6.80. The molecular weight excluding hydrogens is 480 g/mol. The third-order valence-corrected chi connectivity index (χ3v) is 6.80. The number of hydrogen-bond donors (Lipinski definition) is 4. The number of carbonyl (C=O) groups is 4. The zero-order chi connectivity index (χ0) is 26.6. The van der Waals surface area contributed by atoms with Crippen LogP contribution >= 0.6 is 0 Å². The van der Waals surface area contributed by atoms with Crippen LogP contribution in [0.25, 0.3) is 43.1 Å². The monoisotopic (exact) mass is 500 g/mol. The van der Waals surface area contributed by atoms with E-state index in [-0.39, 0.29) is 33.0 Å². The van der Waals surface area contributed by atoms with E-state index in [4.69, 9.17) is 4.74 Å². The number of aryl methyl sites for hydroxylation is 1. The summed E-state index contributed by atoms with van der Waals surface area (Å²) in [5.41, 5.74) is -0.0772. The second-order valence-corrected chi connectivity index (χ2v) is 8.76. The van der Waals surface area contributed by atoms with Crippen LogP contribution in [0.4, 0.5) is 0 Å². The van der Waals surface area contributed by atoms with Gasteiger partial charge >= 0.3 is 23.9 Å².